The first-order valence-corrected chi connectivity index (χ1v) is 9.03. The predicted molar refractivity (Wildman–Crippen MR) is 106 cm³/mol. The van der Waals surface area contributed by atoms with Crippen molar-refractivity contribution in [1.29, 1.82) is 0 Å². The number of carbonyl (C=O) groups is 2. The Bertz CT molecular complexity index is 1050. The van der Waals surface area contributed by atoms with Crippen LogP contribution >= 0.6 is 0 Å². The van der Waals surface area contributed by atoms with Gasteiger partial charge in [-0.2, -0.15) is 5.10 Å². The average Bonchev–Trinajstić information content (AvgIpc) is 2.71. The van der Waals surface area contributed by atoms with Crippen LogP contribution in [0.4, 0.5) is 5.69 Å². The Morgan fingerprint density at radius 1 is 1.07 bits per heavy atom. The number of ether oxygens (including phenoxy) is 1. The number of likely N-dealkylation sites (N-methyl/N-ethyl adjacent to an activating group) is 1. The van der Waals surface area contributed by atoms with Crippen LogP contribution in [0.25, 0.3) is 10.8 Å². The predicted octanol–water partition coefficient (Wildman–Crippen LogP) is 2.45. The maximum Gasteiger partial charge on any atom is 0.312 e. The number of aromatic nitrogens is 2. The molecule has 2 aromatic carbocycles. The number of hydrogen-bond donors (Lipinski definition) is 1. The highest BCUT2D eigenvalue weighted by Crippen LogP contribution is 2.16. The molecule has 1 atom stereocenters. The summed E-state index contributed by atoms with van der Waals surface area (Å²) >= 11 is 0. The molecule has 0 spiro atoms. The molecule has 144 valence electrons. The fourth-order valence-electron chi connectivity index (χ4n) is 3.03. The summed E-state index contributed by atoms with van der Waals surface area (Å²) in [6.07, 6.45) is -1.09. The average molecular weight is 379 g/mol. The fourth-order valence-corrected chi connectivity index (χ4v) is 3.03. The number of H-pyrrole nitrogens is 1. The third kappa shape index (κ3) is 4.09. The number of amides is 1. The van der Waals surface area contributed by atoms with Crippen molar-refractivity contribution in [2.75, 3.05) is 11.4 Å². The molecule has 1 aromatic heterocycles. The van der Waals surface area contributed by atoms with Gasteiger partial charge in [-0.3, -0.25) is 14.4 Å². The van der Waals surface area contributed by atoms with Crippen molar-refractivity contribution < 1.29 is 14.3 Å². The monoisotopic (exact) mass is 379 g/mol. The molecule has 0 unspecified atom stereocenters. The summed E-state index contributed by atoms with van der Waals surface area (Å²) in [6.45, 7) is 3.86. The highest BCUT2D eigenvalue weighted by atomic mass is 16.5. The SMILES string of the molecule is CCN(C(=O)[C@H](C)OC(=O)Cc1n[nH]c(=O)c2ccccc12)c1ccccc1. The number of anilines is 1. The highest BCUT2D eigenvalue weighted by Gasteiger charge is 2.24. The van der Waals surface area contributed by atoms with E-state index in [0.717, 1.165) is 5.69 Å². The largest absolute Gasteiger partial charge is 0.452 e. The normalized spacial score (nSPS) is 11.8. The van der Waals surface area contributed by atoms with Crippen LogP contribution < -0.4 is 10.5 Å². The number of carbonyl (C=O) groups excluding carboxylic acids is 2. The van der Waals surface area contributed by atoms with Gasteiger partial charge in [-0.15, -0.1) is 0 Å². The van der Waals surface area contributed by atoms with Gasteiger partial charge in [0.25, 0.3) is 11.5 Å². The van der Waals surface area contributed by atoms with Gasteiger partial charge in [0.1, 0.15) is 0 Å². The summed E-state index contributed by atoms with van der Waals surface area (Å²) in [5, 5.41) is 7.38. The molecule has 7 nitrogen and oxygen atoms in total. The Balaban J connectivity index is 1.72. The number of aromatic amines is 1. The topological polar surface area (TPSA) is 92.4 Å². The number of fused-ring (bicyclic) bond motifs is 1. The lowest BCUT2D eigenvalue weighted by molar-refractivity contribution is -0.153. The van der Waals surface area contributed by atoms with E-state index in [1.165, 1.54) is 0 Å². The smallest absolute Gasteiger partial charge is 0.312 e. The Morgan fingerprint density at radius 2 is 1.71 bits per heavy atom. The Labute approximate surface area is 161 Å². The second-order valence-corrected chi connectivity index (χ2v) is 6.27. The first-order valence-electron chi connectivity index (χ1n) is 9.03. The van der Waals surface area contributed by atoms with E-state index in [9.17, 15) is 14.4 Å². The number of esters is 1. The van der Waals surface area contributed by atoms with Crippen LogP contribution in [0.1, 0.15) is 19.5 Å². The molecule has 0 aliphatic heterocycles. The number of benzene rings is 2. The van der Waals surface area contributed by atoms with Crippen molar-refractivity contribution >= 4 is 28.3 Å². The number of para-hydroxylation sites is 1. The number of hydrogen-bond acceptors (Lipinski definition) is 5. The zero-order chi connectivity index (χ0) is 20.1. The molecular formula is C21H21N3O4. The van der Waals surface area contributed by atoms with Gasteiger partial charge in [-0.05, 0) is 32.0 Å². The molecule has 0 saturated heterocycles. The quantitative estimate of drug-likeness (QED) is 0.664. The summed E-state index contributed by atoms with van der Waals surface area (Å²) in [5.74, 6) is -0.893. The molecule has 0 fully saturated rings. The van der Waals surface area contributed by atoms with Crippen LogP contribution in [-0.4, -0.2) is 34.7 Å². The molecule has 0 radical (unpaired) electrons. The van der Waals surface area contributed by atoms with Crippen LogP contribution in [0.15, 0.2) is 59.4 Å². The Morgan fingerprint density at radius 3 is 2.39 bits per heavy atom. The molecule has 3 aromatic rings. The van der Waals surface area contributed by atoms with Crippen molar-refractivity contribution in [2.24, 2.45) is 0 Å². The van der Waals surface area contributed by atoms with E-state index >= 15 is 0 Å². The highest BCUT2D eigenvalue weighted by molar-refractivity contribution is 5.97. The summed E-state index contributed by atoms with van der Waals surface area (Å²) in [7, 11) is 0. The molecule has 1 N–H and O–H groups in total. The molecule has 0 aliphatic rings. The molecule has 0 bridgehead atoms. The Kier molecular flexibility index (Phi) is 5.84. The molecule has 28 heavy (non-hydrogen) atoms. The second-order valence-electron chi connectivity index (χ2n) is 6.27. The zero-order valence-corrected chi connectivity index (χ0v) is 15.7. The van der Waals surface area contributed by atoms with Crippen molar-refractivity contribution in [2.45, 2.75) is 26.4 Å². The van der Waals surface area contributed by atoms with Crippen LogP contribution in [0.3, 0.4) is 0 Å². The zero-order valence-electron chi connectivity index (χ0n) is 15.7. The van der Waals surface area contributed by atoms with Gasteiger partial charge in [0, 0.05) is 17.6 Å². The van der Waals surface area contributed by atoms with Crippen molar-refractivity contribution in [3.05, 3.63) is 70.6 Å². The minimum atomic E-state index is -0.943. The second kappa shape index (κ2) is 8.47. The van der Waals surface area contributed by atoms with Crippen LogP contribution in [0.5, 0.6) is 0 Å². The maximum absolute atomic E-state index is 12.7. The molecular weight excluding hydrogens is 358 g/mol. The van der Waals surface area contributed by atoms with E-state index in [2.05, 4.69) is 10.2 Å². The van der Waals surface area contributed by atoms with Gasteiger partial charge in [0.2, 0.25) is 0 Å². The van der Waals surface area contributed by atoms with Gasteiger partial charge in [-0.25, -0.2) is 5.10 Å². The minimum absolute atomic E-state index is 0.146. The molecule has 1 heterocycles. The number of nitrogens with zero attached hydrogens (tertiary/aromatic N) is 2. The van der Waals surface area contributed by atoms with Gasteiger partial charge in [0.05, 0.1) is 17.5 Å². The lowest BCUT2D eigenvalue weighted by Gasteiger charge is -2.24. The van der Waals surface area contributed by atoms with E-state index in [-0.39, 0.29) is 17.9 Å². The van der Waals surface area contributed by atoms with Crippen LogP contribution in [0, 0.1) is 0 Å². The van der Waals surface area contributed by atoms with Crippen molar-refractivity contribution in [3.8, 4) is 0 Å². The summed E-state index contributed by atoms with van der Waals surface area (Å²) in [6, 6.07) is 16.1. The fraction of sp³-hybridized carbons (Fsp3) is 0.238. The van der Waals surface area contributed by atoms with E-state index in [4.69, 9.17) is 4.74 Å². The van der Waals surface area contributed by atoms with Gasteiger partial charge in [0.15, 0.2) is 6.10 Å². The lowest BCUT2D eigenvalue weighted by atomic mass is 10.1. The molecule has 1 amide bonds. The third-order valence-electron chi connectivity index (χ3n) is 4.39. The lowest BCUT2D eigenvalue weighted by Crippen LogP contribution is -2.40. The van der Waals surface area contributed by atoms with E-state index in [1.807, 2.05) is 37.3 Å². The van der Waals surface area contributed by atoms with Crippen molar-refractivity contribution in [3.63, 3.8) is 0 Å². The van der Waals surface area contributed by atoms with E-state index in [1.54, 1.807) is 36.1 Å². The number of rotatable bonds is 6. The first kappa shape index (κ1) is 19.3. The third-order valence-corrected chi connectivity index (χ3v) is 4.39. The summed E-state index contributed by atoms with van der Waals surface area (Å²) in [4.78, 5) is 38.5. The summed E-state index contributed by atoms with van der Waals surface area (Å²) in [5.41, 5.74) is 0.819. The number of nitrogens with one attached hydrogen (secondary N) is 1. The van der Waals surface area contributed by atoms with E-state index in [0.29, 0.717) is 23.0 Å². The Hall–Kier alpha value is -3.48. The van der Waals surface area contributed by atoms with Gasteiger partial charge >= 0.3 is 5.97 Å². The maximum atomic E-state index is 12.7. The van der Waals surface area contributed by atoms with Crippen LogP contribution in [-0.2, 0) is 20.7 Å². The first-order chi connectivity index (χ1) is 13.5. The molecule has 0 aliphatic carbocycles. The standard InChI is InChI=1S/C21H21N3O4/c1-3-24(15-9-5-4-6-10-15)21(27)14(2)28-19(25)13-18-16-11-7-8-12-17(16)20(26)23-22-18/h4-12,14H,3,13H2,1-2H3,(H,23,26)/t14-/m0/s1. The minimum Gasteiger partial charge on any atom is -0.452 e. The van der Waals surface area contributed by atoms with Crippen LogP contribution in [0.2, 0.25) is 0 Å². The van der Waals surface area contributed by atoms with Crippen molar-refractivity contribution in [1.82, 2.24) is 10.2 Å². The molecule has 7 heteroatoms. The van der Waals surface area contributed by atoms with Gasteiger partial charge in [-0.1, -0.05) is 36.4 Å². The van der Waals surface area contributed by atoms with E-state index < -0.39 is 12.1 Å². The molecule has 3 rings (SSSR count). The summed E-state index contributed by atoms with van der Waals surface area (Å²) < 4.78 is 5.34. The molecule has 0 saturated carbocycles. The van der Waals surface area contributed by atoms with Gasteiger partial charge < -0.3 is 9.64 Å².